The van der Waals surface area contributed by atoms with Crippen molar-refractivity contribution in [1.82, 2.24) is 9.47 Å². The number of anilines is 1. The van der Waals surface area contributed by atoms with E-state index in [1.807, 2.05) is 47.4 Å². The second-order valence-corrected chi connectivity index (χ2v) is 7.35. The molecule has 0 fully saturated rings. The van der Waals surface area contributed by atoms with Gasteiger partial charge in [0.05, 0.1) is 13.2 Å². The molecule has 1 aromatic heterocycles. The van der Waals surface area contributed by atoms with Crippen molar-refractivity contribution >= 4 is 27.6 Å². The number of nitrogens with one attached hydrogen (secondary N) is 1. The van der Waals surface area contributed by atoms with Crippen LogP contribution in [0.25, 0.3) is 0 Å². The van der Waals surface area contributed by atoms with Crippen molar-refractivity contribution in [3.63, 3.8) is 0 Å². The van der Waals surface area contributed by atoms with Crippen LogP contribution in [0.2, 0.25) is 0 Å². The lowest BCUT2D eigenvalue weighted by Crippen LogP contribution is -2.44. The first-order valence-electron chi connectivity index (χ1n) is 8.78. The van der Waals surface area contributed by atoms with Crippen LogP contribution >= 0.6 is 15.9 Å². The van der Waals surface area contributed by atoms with Crippen LogP contribution in [0.15, 0.2) is 71.3 Å². The molecule has 3 aromatic rings. The zero-order valence-corrected chi connectivity index (χ0v) is 16.5. The van der Waals surface area contributed by atoms with Gasteiger partial charge in [-0.2, -0.15) is 0 Å². The lowest BCUT2D eigenvalue weighted by atomic mass is 10.0. The summed E-state index contributed by atoms with van der Waals surface area (Å²) in [5, 5.41) is 3.01. The molecule has 1 N–H and O–H groups in total. The Labute approximate surface area is 166 Å². The monoisotopic (exact) mass is 425 g/mol. The zero-order valence-electron chi connectivity index (χ0n) is 14.9. The average molecular weight is 426 g/mol. The number of nitrogens with zero attached hydrogens (tertiary/aromatic N) is 2. The normalized spacial score (nSPS) is 15.9. The minimum atomic E-state index is -0.132. The van der Waals surface area contributed by atoms with E-state index < -0.39 is 0 Å². The van der Waals surface area contributed by atoms with Gasteiger partial charge in [0.2, 0.25) is 0 Å². The summed E-state index contributed by atoms with van der Waals surface area (Å²) in [5.41, 5.74) is 2.91. The van der Waals surface area contributed by atoms with Crippen LogP contribution in [0.4, 0.5) is 10.5 Å². The Morgan fingerprint density at radius 3 is 2.70 bits per heavy atom. The Hall–Kier alpha value is -2.73. The molecule has 2 heterocycles. The molecule has 2 amide bonds. The summed E-state index contributed by atoms with van der Waals surface area (Å²) in [7, 11) is 1.61. The lowest BCUT2D eigenvalue weighted by Gasteiger charge is -2.37. The third-order valence-corrected chi connectivity index (χ3v) is 5.33. The number of methoxy groups -OCH3 is 1. The molecule has 1 unspecified atom stereocenters. The van der Waals surface area contributed by atoms with E-state index in [1.165, 1.54) is 0 Å². The molecule has 0 bridgehead atoms. The second-order valence-electron chi connectivity index (χ2n) is 6.44. The van der Waals surface area contributed by atoms with Gasteiger partial charge in [0.15, 0.2) is 0 Å². The number of urea groups is 1. The zero-order chi connectivity index (χ0) is 18.8. The molecule has 1 atom stereocenters. The van der Waals surface area contributed by atoms with Crippen molar-refractivity contribution < 1.29 is 9.53 Å². The molecule has 6 heteroatoms. The lowest BCUT2D eigenvalue weighted by molar-refractivity contribution is 0.182. The maximum absolute atomic E-state index is 13.1. The third kappa shape index (κ3) is 3.57. The van der Waals surface area contributed by atoms with E-state index in [2.05, 4.69) is 50.2 Å². The number of hydrogen-bond donors (Lipinski definition) is 1. The number of carbonyl (C=O) groups is 1. The summed E-state index contributed by atoms with van der Waals surface area (Å²) >= 11 is 3.49. The van der Waals surface area contributed by atoms with E-state index in [-0.39, 0.29) is 12.1 Å². The number of benzene rings is 2. The Morgan fingerprint density at radius 1 is 1.11 bits per heavy atom. The molecule has 1 aliphatic rings. The van der Waals surface area contributed by atoms with Crippen molar-refractivity contribution in [1.29, 1.82) is 0 Å². The first kappa shape index (κ1) is 17.7. The topological polar surface area (TPSA) is 46.5 Å². The van der Waals surface area contributed by atoms with E-state index in [0.717, 1.165) is 28.0 Å². The van der Waals surface area contributed by atoms with Gasteiger partial charge in [-0.05, 0) is 42.0 Å². The smallest absolute Gasteiger partial charge is 0.322 e. The van der Waals surface area contributed by atoms with Gasteiger partial charge in [-0.25, -0.2) is 4.79 Å². The van der Waals surface area contributed by atoms with Crippen LogP contribution in [0.3, 0.4) is 0 Å². The predicted molar refractivity (Wildman–Crippen MR) is 109 cm³/mol. The molecule has 0 spiro atoms. The van der Waals surface area contributed by atoms with Crippen LogP contribution in [-0.4, -0.2) is 29.2 Å². The minimum Gasteiger partial charge on any atom is -0.497 e. The molecule has 5 nitrogen and oxygen atoms in total. The highest BCUT2D eigenvalue weighted by atomic mass is 79.9. The molecule has 0 saturated heterocycles. The summed E-state index contributed by atoms with van der Waals surface area (Å²) in [4.78, 5) is 15.0. The number of fused-ring (bicyclic) bond motifs is 1. The Morgan fingerprint density at radius 2 is 1.93 bits per heavy atom. The fraction of sp³-hybridized carbons (Fsp3) is 0.190. The highest BCUT2D eigenvalue weighted by molar-refractivity contribution is 9.10. The van der Waals surface area contributed by atoms with Crippen molar-refractivity contribution in [3.8, 4) is 5.75 Å². The molecule has 0 saturated carbocycles. The number of carbonyl (C=O) groups excluding carboxylic acids is 1. The van der Waals surface area contributed by atoms with Crippen molar-refractivity contribution in [2.24, 2.45) is 0 Å². The van der Waals surface area contributed by atoms with E-state index in [0.29, 0.717) is 12.3 Å². The fourth-order valence-corrected chi connectivity index (χ4v) is 3.76. The molecule has 0 aliphatic carbocycles. The maximum Gasteiger partial charge on any atom is 0.322 e. The highest BCUT2D eigenvalue weighted by Gasteiger charge is 2.32. The highest BCUT2D eigenvalue weighted by Crippen LogP contribution is 2.33. The van der Waals surface area contributed by atoms with Crippen LogP contribution in [0, 0.1) is 0 Å². The van der Waals surface area contributed by atoms with Crippen LogP contribution in [-0.2, 0) is 6.54 Å². The van der Waals surface area contributed by atoms with Gasteiger partial charge in [-0.1, -0.05) is 34.1 Å². The fourth-order valence-electron chi connectivity index (χ4n) is 3.49. The minimum absolute atomic E-state index is 0.122. The van der Waals surface area contributed by atoms with Gasteiger partial charge in [0.1, 0.15) is 5.75 Å². The number of rotatable bonds is 3. The molecule has 1 aliphatic heterocycles. The van der Waals surface area contributed by atoms with Crippen LogP contribution in [0.1, 0.15) is 17.3 Å². The van der Waals surface area contributed by atoms with E-state index in [9.17, 15) is 4.79 Å². The maximum atomic E-state index is 13.1. The summed E-state index contributed by atoms with van der Waals surface area (Å²) in [5.74, 6) is 0.713. The van der Waals surface area contributed by atoms with Gasteiger partial charge in [-0.15, -0.1) is 0 Å². The van der Waals surface area contributed by atoms with E-state index in [4.69, 9.17) is 4.74 Å². The Kier molecular flexibility index (Phi) is 4.90. The van der Waals surface area contributed by atoms with Crippen LogP contribution in [0.5, 0.6) is 5.75 Å². The summed E-state index contributed by atoms with van der Waals surface area (Å²) in [6.07, 6.45) is 2.07. The van der Waals surface area contributed by atoms with Gasteiger partial charge in [0, 0.05) is 41.2 Å². The number of halogens is 1. The van der Waals surface area contributed by atoms with Gasteiger partial charge in [0.25, 0.3) is 0 Å². The van der Waals surface area contributed by atoms with Gasteiger partial charge >= 0.3 is 6.03 Å². The molecule has 2 aromatic carbocycles. The molecular weight excluding hydrogens is 406 g/mol. The first-order chi connectivity index (χ1) is 13.2. The molecule has 4 rings (SSSR count). The average Bonchev–Trinajstić information content (AvgIpc) is 3.17. The van der Waals surface area contributed by atoms with Crippen LogP contribution < -0.4 is 10.1 Å². The SMILES string of the molecule is COc1cccc(NC(=O)N2CCn3cccc3C2c2ccc(Br)cc2)c1. The first-order valence-corrected chi connectivity index (χ1v) is 9.57. The molecular formula is C21H20BrN3O2. The van der Waals surface area contributed by atoms with Crippen molar-refractivity contribution in [2.75, 3.05) is 19.0 Å². The van der Waals surface area contributed by atoms with E-state index >= 15 is 0 Å². The Balaban J connectivity index is 1.65. The Bertz CT molecular complexity index is 952. The third-order valence-electron chi connectivity index (χ3n) is 4.81. The quantitative estimate of drug-likeness (QED) is 0.648. The summed E-state index contributed by atoms with van der Waals surface area (Å²) < 4.78 is 8.48. The van der Waals surface area contributed by atoms with Gasteiger partial charge < -0.3 is 19.5 Å². The molecule has 138 valence electrons. The second kappa shape index (κ2) is 7.48. The molecule has 27 heavy (non-hydrogen) atoms. The standard InChI is InChI=1S/C21H20BrN3O2/c1-27-18-5-2-4-17(14-18)23-21(26)25-13-12-24-11-3-6-19(24)20(25)15-7-9-16(22)10-8-15/h2-11,14,20H,12-13H2,1H3,(H,23,26). The summed E-state index contributed by atoms with van der Waals surface area (Å²) in [6, 6.07) is 19.4. The van der Waals surface area contributed by atoms with Gasteiger partial charge in [-0.3, -0.25) is 0 Å². The summed E-state index contributed by atoms with van der Waals surface area (Å²) in [6.45, 7) is 1.42. The van der Waals surface area contributed by atoms with E-state index in [1.54, 1.807) is 7.11 Å². The number of amides is 2. The molecule has 0 radical (unpaired) electrons. The van der Waals surface area contributed by atoms with Crippen molar-refractivity contribution in [3.05, 3.63) is 82.6 Å². The van der Waals surface area contributed by atoms with Crippen molar-refractivity contribution in [2.45, 2.75) is 12.6 Å². The number of aromatic nitrogens is 1. The number of ether oxygens (including phenoxy) is 1. The largest absolute Gasteiger partial charge is 0.497 e. The number of hydrogen-bond acceptors (Lipinski definition) is 2. The predicted octanol–water partition coefficient (Wildman–Crippen LogP) is 4.90.